The van der Waals surface area contributed by atoms with Crippen molar-refractivity contribution in [1.82, 2.24) is 9.55 Å². The number of unbranched alkanes of at least 4 members (excludes halogenated alkanes) is 1. The van der Waals surface area contributed by atoms with Gasteiger partial charge < -0.3 is 9.88 Å². The van der Waals surface area contributed by atoms with Gasteiger partial charge >= 0.3 is 0 Å². The summed E-state index contributed by atoms with van der Waals surface area (Å²) in [6, 6.07) is 13.1. The molecule has 0 saturated carbocycles. The molecule has 0 aliphatic heterocycles. The van der Waals surface area contributed by atoms with Crippen molar-refractivity contribution in [3.63, 3.8) is 0 Å². The fraction of sp³-hybridized carbons (Fsp3) is 0.409. The molecule has 0 aliphatic rings. The van der Waals surface area contributed by atoms with Crippen molar-refractivity contribution in [1.29, 1.82) is 0 Å². The van der Waals surface area contributed by atoms with Gasteiger partial charge in [-0.25, -0.2) is 4.98 Å². The second kappa shape index (κ2) is 7.73. The summed E-state index contributed by atoms with van der Waals surface area (Å²) in [6.45, 7) is 10.7. The molecule has 0 atom stereocenters. The normalized spacial score (nSPS) is 11.2. The Morgan fingerprint density at radius 3 is 2.48 bits per heavy atom. The third-order valence-corrected chi connectivity index (χ3v) is 4.80. The fourth-order valence-corrected chi connectivity index (χ4v) is 3.43. The van der Waals surface area contributed by atoms with E-state index in [1.807, 2.05) is 0 Å². The zero-order valence-electron chi connectivity index (χ0n) is 15.9. The first-order chi connectivity index (χ1) is 12.1. The largest absolute Gasteiger partial charge is 0.385 e. The van der Waals surface area contributed by atoms with Crippen LogP contribution in [-0.2, 0) is 13.0 Å². The lowest BCUT2D eigenvalue weighted by atomic mass is 10.1. The van der Waals surface area contributed by atoms with Crippen LogP contribution in [0.5, 0.6) is 0 Å². The first-order valence-corrected chi connectivity index (χ1v) is 9.35. The molecule has 0 saturated heterocycles. The van der Waals surface area contributed by atoms with Gasteiger partial charge in [0.1, 0.15) is 5.82 Å². The third-order valence-electron chi connectivity index (χ3n) is 4.80. The number of imidazole rings is 1. The van der Waals surface area contributed by atoms with Crippen LogP contribution in [0.1, 0.15) is 42.3 Å². The third kappa shape index (κ3) is 4.04. The van der Waals surface area contributed by atoms with E-state index < -0.39 is 0 Å². The highest BCUT2D eigenvalue weighted by molar-refractivity contribution is 5.76. The predicted octanol–water partition coefficient (Wildman–Crippen LogP) is 5.42. The van der Waals surface area contributed by atoms with Crippen molar-refractivity contribution in [2.75, 3.05) is 11.9 Å². The zero-order chi connectivity index (χ0) is 17.8. The molecule has 3 rings (SSSR count). The average Bonchev–Trinajstić information content (AvgIpc) is 2.93. The van der Waals surface area contributed by atoms with Crippen LogP contribution in [0.25, 0.3) is 11.0 Å². The number of benzene rings is 2. The minimum Gasteiger partial charge on any atom is -0.385 e. The lowest BCUT2D eigenvalue weighted by Crippen LogP contribution is -2.07. The molecule has 1 heterocycles. The van der Waals surface area contributed by atoms with Crippen LogP contribution in [0.4, 0.5) is 5.69 Å². The molecule has 132 valence electrons. The SMILES string of the molecule is CCc1nc2ccc(C)cc2n1CCCCNc1ccc(C)cc1C. The topological polar surface area (TPSA) is 29.9 Å². The van der Waals surface area contributed by atoms with E-state index in [0.29, 0.717) is 0 Å². The number of nitrogens with one attached hydrogen (secondary N) is 1. The molecule has 0 bridgehead atoms. The van der Waals surface area contributed by atoms with Crippen molar-refractivity contribution in [2.45, 2.75) is 53.5 Å². The molecule has 0 fully saturated rings. The van der Waals surface area contributed by atoms with Crippen molar-refractivity contribution in [2.24, 2.45) is 0 Å². The molecule has 0 amide bonds. The lowest BCUT2D eigenvalue weighted by molar-refractivity contribution is 0.611. The van der Waals surface area contributed by atoms with Crippen LogP contribution in [0.2, 0.25) is 0 Å². The van der Waals surface area contributed by atoms with E-state index in [1.54, 1.807) is 0 Å². The van der Waals surface area contributed by atoms with Gasteiger partial charge in [0, 0.05) is 25.2 Å². The summed E-state index contributed by atoms with van der Waals surface area (Å²) in [7, 11) is 0. The second-order valence-electron chi connectivity index (χ2n) is 6.98. The smallest absolute Gasteiger partial charge is 0.109 e. The zero-order valence-corrected chi connectivity index (χ0v) is 15.9. The molecular formula is C22H29N3. The first kappa shape index (κ1) is 17.5. The van der Waals surface area contributed by atoms with Crippen LogP contribution >= 0.6 is 0 Å². The van der Waals surface area contributed by atoms with E-state index in [2.05, 4.69) is 74.0 Å². The van der Waals surface area contributed by atoms with Crippen LogP contribution in [0.15, 0.2) is 36.4 Å². The van der Waals surface area contributed by atoms with Gasteiger partial charge in [-0.2, -0.15) is 0 Å². The Balaban J connectivity index is 1.58. The van der Waals surface area contributed by atoms with Gasteiger partial charge in [0.15, 0.2) is 0 Å². The van der Waals surface area contributed by atoms with E-state index in [-0.39, 0.29) is 0 Å². The summed E-state index contributed by atoms with van der Waals surface area (Å²) in [5, 5.41) is 3.57. The first-order valence-electron chi connectivity index (χ1n) is 9.35. The standard InChI is InChI=1S/C22H29N3/c1-5-22-24-20-11-9-17(3)15-21(20)25(22)13-7-6-12-23-19-10-8-16(2)14-18(19)4/h8-11,14-15,23H,5-7,12-13H2,1-4H3. The van der Waals surface area contributed by atoms with Gasteiger partial charge in [0.25, 0.3) is 0 Å². The molecule has 0 aliphatic carbocycles. The molecule has 0 unspecified atom stereocenters. The number of fused-ring (bicyclic) bond motifs is 1. The highest BCUT2D eigenvalue weighted by Gasteiger charge is 2.09. The van der Waals surface area contributed by atoms with Crippen LogP contribution in [0, 0.1) is 20.8 Å². The molecule has 1 aromatic heterocycles. The van der Waals surface area contributed by atoms with Gasteiger partial charge in [-0.1, -0.05) is 30.7 Å². The number of rotatable bonds is 7. The van der Waals surface area contributed by atoms with Crippen LogP contribution < -0.4 is 5.32 Å². The van der Waals surface area contributed by atoms with Crippen molar-refractivity contribution in [3.8, 4) is 0 Å². The number of hydrogen-bond acceptors (Lipinski definition) is 2. The van der Waals surface area contributed by atoms with Crippen LogP contribution in [-0.4, -0.2) is 16.1 Å². The number of aryl methyl sites for hydroxylation is 5. The van der Waals surface area contributed by atoms with Gasteiger partial charge in [0.05, 0.1) is 11.0 Å². The molecule has 25 heavy (non-hydrogen) atoms. The quantitative estimate of drug-likeness (QED) is 0.585. The highest BCUT2D eigenvalue weighted by Crippen LogP contribution is 2.20. The Morgan fingerprint density at radius 2 is 1.72 bits per heavy atom. The maximum absolute atomic E-state index is 4.79. The Labute approximate surface area is 151 Å². The summed E-state index contributed by atoms with van der Waals surface area (Å²) in [6.07, 6.45) is 3.29. The van der Waals surface area contributed by atoms with Gasteiger partial charge in [-0.3, -0.25) is 0 Å². The minimum absolute atomic E-state index is 0.981. The number of aromatic nitrogens is 2. The maximum atomic E-state index is 4.79. The Bertz CT molecular complexity index is 861. The summed E-state index contributed by atoms with van der Waals surface area (Å²) >= 11 is 0. The van der Waals surface area contributed by atoms with Crippen molar-refractivity contribution >= 4 is 16.7 Å². The molecular weight excluding hydrogens is 306 g/mol. The monoisotopic (exact) mass is 335 g/mol. The maximum Gasteiger partial charge on any atom is 0.109 e. The van der Waals surface area contributed by atoms with Gasteiger partial charge in [0.2, 0.25) is 0 Å². The Morgan fingerprint density at radius 1 is 0.960 bits per heavy atom. The molecule has 0 spiro atoms. The molecule has 2 aromatic carbocycles. The predicted molar refractivity (Wildman–Crippen MR) is 107 cm³/mol. The van der Waals surface area contributed by atoms with E-state index >= 15 is 0 Å². The lowest BCUT2D eigenvalue weighted by Gasteiger charge is -2.11. The molecule has 3 heteroatoms. The Kier molecular flexibility index (Phi) is 5.42. The molecule has 1 N–H and O–H groups in total. The molecule has 3 nitrogen and oxygen atoms in total. The van der Waals surface area contributed by atoms with E-state index in [9.17, 15) is 0 Å². The summed E-state index contributed by atoms with van der Waals surface area (Å²) < 4.78 is 2.40. The highest BCUT2D eigenvalue weighted by atomic mass is 15.1. The summed E-state index contributed by atoms with van der Waals surface area (Å²) in [5.74, 6) is 1.20. The fourth-order valence-electron chi connectivity index (χ4n) is 3.43. The summed E-state index contributed by atoms with van der Waals surface area (Å²) in [4.78, 5) is 4.79. The second-order valence-corrected chi connectivity index (χ2v) is 6.98. The van der Waals surface area contributed by atoms with E-state index in [0.717, 1.165) is 37.9 Å². The molecule has 3 aromatic rings. The average molecular weight is 335 g/mol. The number of hydrogen-bond donors (Lipinski definition) is 1. The van der Waals surface area contributed by atoms with Crippen LogP contribution in [0.3, 0.4) is 0 Å². The number of anilines is 1. The molecule has 0 radical (unpaired) electrons. The summed E-state index contributed by atoms with van der Waals surface area (Å²) in [5.41, 5.74) is 7.59. The van der Waals surface area contributed by atoms with Gasteiger partial charge in [-0.15, -0.1) is 0 Å². The van der Waals surface area contributed by atoms with Gasteiger partial charge in [-0.05, 0) is 62.9 Å². The van der Waals surface area contributed by atoms with Crippen molar-refractivity contribution in [3.05, 3.63) is 58.9 Å². The van der Waals surface area contributed by atoms with E-state index in [1.165, 1.54) is 33.7 Å². The van der Waals surface area contributed by atoms with E-state index in [4.69, 9.17) is 4.98 Å². The number of nitrogens with zero attached hydrogens (tertiary/aromatic N) is 2. The minimum atomic E-state index is 0.981. The Hall–Kier alpha value is -2.29. The van der Waals surface area contributed by atoms with Crippen molar-refractivity contribution < 1.29 is 0 Å².